The fourth-order valence-electron chi connectivity index (χ4n) is 1.22. The van der Waals surface area contributed by atoms with E-state index in [0.29, 0.717) is 10.6 Å². The van der Waals surface area contributed by atoms with Crippen LogP contribution < -0.4 is 5.32 Å². The smallest absolute Gasteiger partial charge is 0.122 e. The van der Waals surface area contributed by atoms with Crippen molar-refractivity contribution in [3.63, 3.8) is 0 Å². The van der Waals surface area contributed by atoms with Crippen LogP contribution >= 0.6 is 27.7 Å². The summed E-state index contributed by atoms with van der Waals surface area (Å²) < 4.78 is 0.962. The number of halogens is 1. The molecule has 1 aromatic rings. The monoisotopic (exact) mass is 261 g/mol. The van der Waals surface area contributed by atoms with Crippen LogP contribution in [0.4, 0.5) is 0 Å². The molecule has 5 heteroatoms. The Balaban J connectivity index is 1.85. The van der Waals surface area contributed by atoms with Gasteiger partial charge in [-0.2, -0.15) is 0 Å². The maximum Gasteiger partial charge on any atom is 0.122 e. The van der Waals surface area contributed by atoms with Gasteiger partial charge in [-0.15, -0.1) is 11.8 Å². The Hall–Kier alpha value is -0.0000000000000000555. The second kappa shape index (κ2) is 4.02. The summed E-state index contributed by atoms with van der Waals surface area (Å²) >= 11 is 5.27. The second-order valence-electron chi connectivity index (χ2n) is 3.05. The molecule has 0 aromatic carbocycles. The number of H-pyrrole nitrogens is 1. The molecule has 0 amide bonds. The lowest BCUT2D eigenvalue weighted by atomic mass is 10.4. The number of rotatable bonds is 4. The molecular weight excluding hydrogens is 250 g/mol. The van der Waals surface area contributed by atoms with Crippen LogP contribution in [0.2, 0.25) is 0 Å². The molecule has 0 radical (unpaired) electrons. The molecular formula is C8H12BrN3S. The first-order valence-electron chi connectivity index (χ1n) is 4.40. The first-order valence-corrected chi connectivity index (χ1v) is 6.14. The maximum absolute atomic E-state index is 4.27. The van der Waals surface area contributed by atoms with Crippen LogP contribution in [0.5, 0.6) is 0 Å². The van der Waals surface area contributed by atoms with E-state index in [9.17, 15) is 0 Å². The quantitative estimate of drug-likeness (QED) is 0.818. The Kier molecular flexibility index (Phi) is 2.96. The van der Waals surface area contributed by atoms with Crippen molar-refractivity contribution in [2.24, 2.45) is 0 Å². The molecule has 0 spiro atoms. The molecule has 2 unspecified atom stereocenters. The Morgan fingerprint density at radius 1 is 1.77 bits per heavy atom. The average molecular weight is 262 g/mol. The molecule has 2 heterocycles. The van der Waals surface area contributed by atoms with Gasteiger partial charge in [0, 0.05) is 0 Å². The summed E-state index contributed by atoms with van der Waals surface area (Å²) in [6, 6.07) is 0. The third-order valence-electron chi connectivity index (χ3n) is 1.92. The molecule has 1 aliphatic rings. The van der Waals surface area contributed by atoms with Gasteiger partial charge in [-0.05, 0) is 28.9 Å². The number of aromatic amines is 1. The number of hydrogen-bond acceptors (Lipinski definition) is 3. The van der Waals surface area contributed by atoms with Crippen molar-refractivity contribution in [2.75, 3.05) is 6.54 Å². The molecule has 13 heavy (non-hydrogen) atoms. The van der Waals surface area contributed by atoms with Gasteiger partial charge in [-0.3, -0.25) is 0 Å². The van der Waals surface area contributed by atoms with Gasteiger partial charge in [-0.1, -0.05) is 6.92 Å². The normalized spacial score (nSPS) is 26.3. The predicted molar refractivity (Wildman–Crippen MR) is 58.7 cm³/mol. The van der Waals surface area contributed by atoms with E-state index >= 15 is 0 Å². The molecule has 0 aliphatic carbocycles. The van der Waals surface area contributed by atoms with Crippen LogP contribution in [0.1, 0.15) is 24.4 Å². The van der Waals surface area contributed by atoms with Gasteiger partial charge in [0.25, 0.3) is 0 Å². The molecule has 1 aromatic heterocycles. The number of aromatic nitrogens is 2. The average Bonchev–Trinajstić information content (AvgIpc) is 2.78. The summed E-state index contributed by atoms with van der Waals surface area (Å²) in [5, 5.41) is 4.55. The molecule has 0 bridgehead atoms. The maximum atomic E-state index is 4.27. The number of hydrogen-bond donors (Lipinski definition) is 2. The van der Waals surface area contributed by atoms with Gasteiger partial charge in [-0.25, -0.2) is 4.98 Å². The highest BCUT2D eigenvalue weighted by Gasteiger charge is 2.41. The SMILES string of the molecule is CCCNC1SC1c1ncc(Br)[nH]1. The Morgan fingerprint density at radius 3 is 3.23 bits per heavy atom. The van der Waals surface area contributed by atoms with Crippen LogP contribution in [0.25, 0.3) is 0 Å². The lowest BCUT2D eigenvalue weighted by Crippen LogP contribution is -2.18. The van der Waals surface area contributed by atoms with E-state index in [1.165, 1.54) is 6.42 Å². The highest BCUT2D eigenvalue weighted by Crippen LogP contribution is 2.52. The minimum atomic E-state index is 0.526. The molecule has 2 atom stereocenters. The van der Waals surface area contributed by atoms with Crippen molar-refractivity contribution in [1.29, 1.82) is 0 Å². The van der Waals surface area contributed by atoms with Crippen LogP contribution in [-0.4, -0.2) is 21.9 Å². The van der Waals surface area contributed by atoms with Gasteiger partial charge in [0.2, 0.25) is 0 Å². The van der Waals surface area contributed by atoms with E-state index in [-0.39, 0.29) is 0 Å². The van der Waals surface area contributed by atoms with Crippen molar-refractivity contribution in [3.05, 3.63) is 16.6 Å². The lowest BCUT2D eigenvalue weighted by molar-refractivity contribution is 0.664. The van der Waals surface area contributed by atoms with E-state index in [2.05, 4.69) is 38.1 Å². The van der Waals surface area contributed by atoms with E-state index in [4.69, 9.17) is 0 Å². The molecule has 72 valence electrons. The van der Waals surface area contributed by atoms with Crippen molar-refractivity contribution in [2.45, 2.75) is 24.0 Å². The fraction of sp³-hybridized carbons (Fsp3) is 0.625. The number of nitrogens with zero attached hydrogens (tertiary/aromatic N) is 1. The van der Waals surface area contributed by atoms with E-state index in [1.807, 2.05) is 18.0 Å². The van der Waals surface area contributed by atoms with Crippen molar-refractivity contribution >= 4 is 27.7 Å². The predicted octanol–water partition coefficient (Wildman–Crippen LogP) is 2.29. The molecule has 2 N–H and O–H groups in total. The molecule has 2 rings (SSSR count). The van der Waals surface area contributed by atoms with Gasteiger partial charge in [0.05, 0.1) is 16.8 Å². The summed E-state index contributed by atoms with van der Waals surface area (Å²) in [6.07, 6.45) is 3.00. The minimum absolute atomic E-state index is 0.526. The van der Waals surface area contributed by atoms with Crippen molar-refractivity contribution in [1.82, 2.24) is 15.3 Å². The van der Waals surface area contributed by atoms with Gasteiger partial charge in [0.15, 0.2) is 0 Å². The third-order valence-corrected chi connectivity index (χ3v) is 3.53. The van der Waals surface area contributed by atoms with Crippen LogP contribution in [0.15, 0.2) is 10.8 Å². The van der Waals surface area contributed by atoms with Crippen LogP contribution in [-0.2, 0) is 0 Å². The summed E-state index contributed by atoms with van der Waals surface area (Å²) in [4.78, 5) is 7.46. The minimum Gasteiger partial charge on any atom is -0.336 e. The van der Waals surface area contributed by atoms with Crippen LogP contribution in [0, 0.1) is 0 Å². The first kappa shape index (κ1) is 9.55. The zero-order valence-corrected chi connectivity index (χ0v) is 9.78. The molecule has 1 fully saturated rings. The molecule has 1 aliphatic heterocycles. The fourth-order valence-corrected chi connectivity index (χ4v) is 2.44. The highest BCUT2D eigenvalue weighted by atomic mass is 79.9. The van der Waals surface area contributed by atoms with Gasteiger partial charge in [0.1, 0.15) is 10.4 Å². The largest absolute Gasteiger partial charge is 0.336 e. The van der Waals surface area contributed by atoms with Crippen LogP contribution in [0.3, 0.4) is 0 Å². The second-order valence-corrected chi connectivity index (χ2v) is 5.19. The first-order chi connectivity index (χ1) is 6.31. The molecule has 3 nitrogen and oxygen atoms in total. The number of thioether (sulfide) groups is 1. The third kappa shape index (κ3) is 2.27. The Morgan fingerprint density at radius 2 is 2.62 bits per heavy atom. The Bertz CT molecular complexity index is 289. The zero-order chi connectivity index (χ0) is 9.26. The van der Waals surface area contributed by atoms with Gasteiger partial charge >= 0.3 is 0 Å². The van der Waals surface area contributed by atoms with Crippen molar-refractivity contribution < 1.29 is 0 Å². The highest BCUT2D eigenvalue weighted by molar-refractivity contribution is 9.10. The summed E-state index contributed by atoms with van der Waals surface area (Å²) in [5.41, 5.74) is 0. The summed E-state index contributed by atoms with van der Waals surface area (Å²) in [5.74, 6) is 1.07. The van der Waals surface area contributed by atoms with E-state index in [1.54, 1.807) is 0 Å². The number of nitrogens with one attached hydrogen (secondary N) is 2. The standard InChI is InChI=1S/C8H12BrN3S/c1-2-3-10-8-6(13-8)7-11-4-5(9)12-7/h4,6,8,10H,2-3H2,1H3,(H,11,12). The zero-order valence-electron chi connectivity index (χ0n) is 7.38. The Labute approximate surface area is 90.2 Å². The summed E-state index contributed by atoms with van der Waals surface area (Å²) in [6.45, 7) is 3.27. The van der Waals surface area contributed by atoms with E-state index < -0.39 is 0 Å². The van der Waals surface area contributed by atoms with E-state index in [0.717, 1.165) is 17.0 Å². The number of imidazole rings is 1. The topological polar surface area (TPSA) is 40.7 Å². The van der Waals surface area contributed by atoms with Crippen molar-refractivity contribution in [3.8, 4) is 0 Å². The molecule has 0 saturated carbocycles. The lowest BCUT2D eigenvalue weighted by Gasteiger charge is -1.96. The molecule has 1 saturated heterocycles. The van der Waals surface area contributed by atoms with Gasteiger partial charge < -0.3 is 10.3 Å². The summed E-state index contributed by atoms with van der Waals surface area (Å²) in [7, 11) is 0.